The highest BCUT2D eigenvalue weighted by Gasteiger charge is 2.61. The summed E-state index contributed by atoms with van der Waals surface area (Å²) in [6.07, 6.45) is 8.16. The van der Waals surface area contributed by atoms with Gasteiger partial charge in [0.25, 0.3) is 0 Å². The Morgan fingerprint density at radius 3 is 2.68 bits per heavy atom. The van der Waals surface area contributed by atoms with E-state index in [0.29, 0.717) is 35.8 Å². The van der Waals surface area contributed by atoms with Crippen LogP contribution in [0.25, 0.3) is 0 Å². The number of nitrogens with zero attached hydrogens (tertiary/aromatic N) is 1. The molecular weight excluding hydrogens is 355 g/mol. The lowest BCUT2D eigenvalue weighted by Crippen LogP contribution is -2.55. The van der Waals surface area contributed by atoms with Crippen LogP contribution in [0.5, 0.6) is 0 Å². The Balaban J connectivity index is 1.33. The summed E-state index contributed by atoms with van der Waals surface area (Å²) >= 11 is 0. The van der Waals surface area contributed by atoms with Crippen molar-refractivity contribution in [1.82, 2.24) is 5.32 Å². The maximum absolute atomic E-state index is 15.2. The topological polar surface area (TPSA) is 53.8 Å². The van der Waals surface area contributed by atoms with E-state index in [0.717, 1.165) is 51.6 Å². The molecule has 1 unspecified atom stereocenters. The van der Waals surface area contributed by atoms with Gasteiger partial charge in [-0.3, -0.25) is 0 Å². The number of nitrogens with one attached hydrogen (secondary N) is 1. The molecule has 4 aliphatic carbocycles. The summed E-state index contributed by atoms with van der Waals surface area (Å²) < 4.78 is 15.2. The van der Waals surface area contributed by atoms with Crippen LogP contribution >= 0.6 is 0 Å². The first-order valence-electron chi connectivity index (χ1n) is 11.7. The Bertz CT molecular complexity index is 636. The highest BCUT2D eigenvalue weighted by molar-refractivity contribution is 5.89. The summed E-state index contributed by atoms with van der Waals surface area (Å²) in [5, 5.41) is 18.2. The predicted octanol–water partition coefficient (Wildman–Crippen LogP) is 4.07. The zero-order valence-corrected chi connectivity index (χ0v) is 17.5. The molecule has 4 saturated carbocycles. The maximum atomic E-state index is 15.2. The summed E-state index contributed by atoms with van der Waals surface area (Å²) in [6.45, 7) is 6.48. The van der Waals surface area contributed by atoms with Crippen LogP contribution in [-0.4, -0.2) is 42.3 Å². The van der Waals surface area contributed by atoms with Gasteiger partial charge in [0, 0.05) is 13.0 Å². The van der Waals surface area contributed by atoms with Crippen molar-refractivity contribution >= 4 is 5.71 Å². The normalized spacial score (nSPS) is 54.9. The van der Waals surface area contributed by atoms with E-state index in [2.05, 4.69) is 24.3 Å². The molecule has 0 aromatic heterocycles. The number of hydrogen-bond acceptors (Lipinski definition) is 4. The van der Waals surface area contributed by atoms with Crippen LogP contribution in [0.2, 0.25) is 0 Å². The molecule has 28 heavy (non-hydrogen) atoms. The molecule has 5 heteroatoms. The minimum absolute atomic E-state index is 0.0745. The Kier molecular flexibility index (Phi) is 4.78. The standard InChI is InChI=1S/C23H37FN2O2/c1-22-9-7-18-16(17(22)5-6-21(22)27)4-3-14-11-20(19(24)12-23(14,18)2)26-28-15-8-10-25-13-15/h14-19,21,25,27H,3-13H2,1-2H3/b26-20+/t14?,15-,16-,17-,18-,19+,21-,22-,23-/m0/s1. The lowest BCUT2D eigenvalue weighted by molar-refractivity contribution is -0.118. The molecule has 4 nitrogen and oxygen atoms in total. The lowest BCUT2D eigenvalue weighted by atomic mass is 9.45. The number of alkyl halides is 1. The summed E-state index contributed by atoms with van der Waals surface area (Å²) in [5.74, 6) is 2.43. The molecule has 0 bridgehead atoms. The molecule has 9 atom stereocenters. The van der Waals surface area contributed by atoms with Gasteiger partial charge in [0.05, 0.1) is 11.8 Å². The second-order valence-electron chi connectivity index (χ2n) is 11.0. The second kappa shape index (κ2) is 6.94. The molecule has 2 N–H and O–H groups in total. The number of oxime groups is 1. The van der Waals surface area contributed by atoms with E-state index in [1.165, 1.54) is 12.8 Å². The average molecular weight is 393 g/mol. The van der Waals surface area contributed by atoms with E-state index in [4.69, 9.17) is 4.84 Å². The summed E-state index contributed by atoms with van der Waals surface area (Å²) in [5.41, 5.74) is 0.833. The number of halogens is 1. The van der Waals surface area contributed by atoms with Crippen LogP contribution in [0.3, 0.4) is 0 Å². The van der Waals surface area contributed by atoms with Gasteiger partial charge in [0.2, 0.25) is 0 Å². The molecule has 1 heterocycles. The highest BCUT2D eigenvalue weighted by atomic mass is 19.1. The van der Waals surface area contributed by atoms with Gasteiger partial charge in [-0.1, -0.05) is 19.0 Å². The van der Waals surface area contributed by atoms with Crippen LogP contribution in [0, 0.1) is 34.5 Å². The molecule has 5 rings (SSSR count). The number of aliphatic hydroxyl groups excluding tert-OH is 1. The van der Waals surface area contributed by atoms with Crippen molar-refractivity contribution in [3.05, 3.63) is 0 Å². The Morgan fingerprint density at radius 2 is 1.89 bits per heavy atom. The number of fused-ring (bicyclic) bond motifs is 5. The van der Waals surface area contributed by atoms with Crippen molar-refractivity contribution in [1.29, 1.82) is 0 Å². The molecule has 0 aromatic rings. The fourth-order valence-electron chi connectivity index (χ4n) is 8.00. The first kappa shape index (κ1) is 19.3. The zero-order valence-electron chi connectivity index (χ0n) is 17.5. The van der Waals surface area contributed by atoms with Crippen LogP contribution < -0.4 is 5.32 Å². The minimum Gasteiger partial charge on any atom is -0.393 e. The van der Waals surface area contributed by atoms with Crippen molar-refractivity contribution in [2.45, 2.75) is 90.0 Å². The summed E-state index contributed by atoms with van der Waals surface area (Å²) in [7, 11) is 0. The zero-order chi connectivity index (χ0) is 19.5. The van der Waals surface area contributed by atoms with Crippen molar-refractivity contribution in [3.8, 4) is 0 Å². The van der Waals surface area contributed by atoms with Crippen LogP contribution in [0.1, 0.15) is 71.6 Å². The molecular formula is C23H37FN2O2. The Labute approximate surface area is 168 Å². The van der Waals surface area contributed by atoms with Crippen molar-refractivity contribution in [2.75, 3.05) is 13.1 Å². The highest BCUT2D eigenvalue weighted by Crippen LogP contribution is 2.66. The second-order valence-corrected chi connectivity index (χ2v) is 11.0. The number of hydrogen-bond donors (Lipinski definition) is 2. The molecule has 0 amide bonds. The molecule has 1 aliphatic heterocycles. The molecule has 1 saturated heterocycles. The van der Waals surface area contributed by atoms with E-state index in [1.54, 1.807) is 0 Å². The third-order valence-corrected chi connectivity index (χ3v) is 9.79. The lowest BCUT2D eigenvalue weighted by Gasteiger charge is -2.60. The number of rotatable bonds is 2. The van der Waals surface area contributed by atoms with Gasteiger partial charge >= 0.3 is 0 Å². The monoisotopic (exact) mass is 392 g/mol. The SMILES string of the molecule is C[C@]12CC[C@H]3[C@@H](CCC4C/C(=N\O[C@H]5CCNC5)[C@H](F)C[C@@]43C)[C@@H]1CC[C@@H]2O. The van der Waals surface area contributed by atoms with Crippen LogP contribution in [0.15, 0.2) is 5.16 Å². The fourth-order valence-corrected chi connectivity index (χ4v) is 8.00. The molecule has 0 aromatic carbocycles. The third-order valence-electron chi connectivity index (χ3n) is 9.79. The van der Waals surface area contributed by atoms with Gasteiger partial charge in [-0.05, 0) is 92.4 Å². The molecule has 5 aliphatic rings. The molecule has 158 valence electrons. The average Bonchev–Trinajstić information content (AvgIpc) is 3.28. The first-order chi connectivity index (χ1) is 13.4. The van der Waals surface area contributed by atoms with E-state index in [9.17, 15) is 5.11 Å². The Morgan fingerprint density at radius 1 is 1.07 bits per heavy atom. The van der Waals surface area contributed by atoms with E-state index < -0.39 is 6.17 Å². The smallest absolute Gasteiger partial charge is 0.142 e. The fraction of sp³-hybridized carbons (Fsp3) is 0.957. The molecule has 0 radical (unpaired) electrons. The van der Waals surface area contributed by atoms with Gasteiger partial charge in [0.15, 0.2) is 0 Å². The van der Waals surface area contributed by atoms with E-state index in [1.807, 2.05) is 0 Å². The third kappa shape index (κ3) is 2.86. The molecule has 5 fully saturated rings. The quantitative estimate of drug-likeness (QED) is 0.697. The van der Waals surface area contributed by atoms with E-state index >= 15 is 4.39 Å². The first-order valence-corrected chi connectivity index (χ1v) is 11.7. The van der Waals surface area contributed by atoms with Crippen LogP contribution in [-0.2, 0) is 4.84 Å². The largest absolute Gasteiger partial charge is 0.393 e. The van der Waals surface area contributed by atoms with Gasteiger partial charge in [-0.15, -0.1) is 0 Å². The summed E-state index contributed by atoms with van der Waals surface area (Å²) in [6, 6.07) is 0. The Hall–Kier alpha value is -0.680. The van der Waals surface area contributed by atoms with Crippen molar-refractivity contribution < 1.29 is 14.3 Å². The minimum atomic E-state index is -0.961. The van der Waals surface area contributed by atoms with Gasteiger partial charge < -0.3 is 15.3 Å². The van der Waals surface area contributed by atoms with Crippen molar-refractivity contribution in [3.63, 3.8) is 0 Å². The summed E-state index contributed by atoms with van der Waals surface area (Å²) in [4.78, 5) is 5.67. The van der Waals surface area contributed by atoms with E-state index in [-0.39, 0.29) is 23.0 Å². The van der Waals surface area contributed by atoms with Gasteiger partial charge in [-0.2, -0.15) is 0 Å². The van der Waals surface area contributed by atoms with Gasteiger partial charge in [-0.25, -0.2) is 4.39 Å². The molecule has 0 spiro atoms. The van der Waals surface area contributed by atoms with Gasteiger partial charge in [0.1, 0.15) is 12.3 Å². The number of aliphatic hydroxyl groups is 1. The predicted molar refractivity (Wildman–Crippen MR) is 108 cm³/mol. The maximum Gasteiger partial charge on any atom is 0.142 e. The van der Waals surface area contributed by atoms with Crippen molar-refractivity contribution in [2.24, 2.45) is 39.7 Å². The van der Waals surface area contributed by atoms with Crippen LogP contribution in [0.4, 0.5) is 4.39 Å².